The fourth-order valence-electron chi connectivity index (χ4n) is 1.98. The van der Waals surface area contributed by atoms with E-state index in [1.807, 2.05) is 0 Å². The summed E-state index contributed by atoms with van der Waals surface area (Å²) in [6, 6.07) is 0.516. The summed E-state index contributed by atoms with van der Waals surface area (Å²) in [4.78, 5) is 0. The number of nitrogens with zero attached hydrogens (tertiary/aromatic N) is 2. The highest BCUT2D eigenvalue weighted by molar-refractivity contribution is 4.84. The minimum Gasteiger partial charge on any atom is -0.424 e. The van der Waals surface area contributed by atoms with Gasteiger partial charge in [0, 0.05) is 20.1 Å². The van der Waals surface area contributed by atoms with E-state index in [1.54, 1.807) is 14.0 Å². The molecule has 0 aromatic carbocycles. The standard InChI is InChI=1S/C10H17N3O2/c1-7-12-13-10(15-7)6-11-8-3-4-9(5-8)14-2/h8-9,11H,3-6H2,1-2H3. The molecule has 1 aliphatic carbocycles. The van der Waals surface area contributed by atoms with E-state index in [9.17, 15) is 0 Å². The fourth-order valence-corrected chi connectivity index (χ4v) is 1.98. The molecular weight excluding hydrogens is 194 g/mol. The third-order valence-electron chi connectivity index (χ3n) is 2.83. The number of aromatic nitrogens is 2. The molecule has 1 saturated carbocycles. The molecule has 0 bridgehead atoms. The molecule has 0 amide bonds. The van der Waals surface area contributed by atoms with E-state index in [0.29, 0.717) is 30.5 Å². The highest BCUT2D eigenvalue weighted by Crippen LogP contribution is 2.21. The lowest BCUT2D eigenvalue weighted by Gasteiger charge is -2.10. The summed E-state index contributed by atoms with van der Waals surface area (Å²) in [7, 11) is 1.77. The van der Waals surface area contributed by atoms with Crippen molar-refractivity contribution in [3.05, 3.63) is 11.8 Å². The predicted octanol–water partition coefficient (Wildman–Crippen LogP) is 1.04. The van der Waals surface area contributed by atoms with Crippen molar-refractivity contribution >= 4 is 0 Å². The Bertz CT molecular complexity index is 313. The Kier molecular flexibility index (Phi) is 3.33. The summed E-state index contributed by atoms with van der Waals surface area (Å²) in [6.07, 6.45) is 3.78. The van der Waals surface area contributed by atoms with Crippen molar-refractivity contribution in [1.82, 2.24) is 15.5 Å². The fraction of sp³-hybridized carbons (Fsp3) is 0.800. The molecule has 5 nitrogen and oxygen atoms in total. The van der Waals surface area contributed by atoms with Gasteiger partial charge in [-0.25, -0.2) is 0 Å². The maximum Gasteiger partial charge on any atom is 0.230 e. The average Bonchev–Trinajstić information content (AvgIpc) is 2.83. The quantitative estimate of drug-likeness (QED) is 0.806. The molecule has 1 N–H and O–H groups in total. The number of ether oxygens (including phenoxy) is 1. The van der Waals surface area contributed by atoms with E-state index in [2.05, 4.69) is 15.5 Å². The van der Waals surface area contributed by atoms with Gasteiger partial charge in [0.25, 0.3) is 0 Å². The van der Waals surface area contributed by atoms with E-state index in [-0.39, 0.29) is 0 Å². The third-order valence-corrected chi connectivity index (χ3v) is 2.83. The Morgan fingerprint density at radius 2 is 2.33 bits per heavy atom. The smallest absolute Gasteiger partial charge is 0.230 e. The van der Waals surface area contributed by atoms with Crippen molar-refractivity contribution < 1.29 is 9.15 Å². The van der Waals surface area contributed by atoms with Crippen molar-refractivity contribution in [3.8, 4) is 0 Å². The van der Waals surface area contributed by atoms with Gasteiger partial charge in [0.2, 0.25) is 11.8 Å². The van der Waals surface area contributed by atoms with Gasteiger partial charge in [0.1, 0.15) is 0 Å². The normalized spacial score (nSPS) is 26.0. The van der Waals surface area contributed by atoms with Gasteiger partial charge in [0.15, 0.2) is 0 Å². The number of aryl methyl sites for hydroxylation is 1. The Morgan fingerprint density at radius 3 is 2.93 bits per heavy atom. The number of methoxy groups -OCH3 is 1. The Labute approximate surface area is 89.2 Å². The summed E-state index contributed by atoms with van der Waals surface area (Å²) < 4.78 is 10.6. The second kappa shape index (κ2) is 4.72. The van der Waals surface area contributed by atoms with Crippen molar-refractivity contribution in [1.29, 1.82) is 0 Å². The highest BCUT2D eigenvalue weighted by atomic mass is 16.5. The Balaban J connectivity index is 1.75. The van der Waals surface area contributed by atoms with Crippen LogP contribution in [0.2, 0.25) is 0 Å². The average molecular weight is 211 g/mol. The largest absolute Gasteiger partial charge is 0.424 e. The summed E-state index contributed by atoms with van der Waals surface area (Å²) in [5.41, 5.74) is 0. The lowest BCUT2D eigenvalue weighted by Crippen LogP contribution is -2.26. The summed E-state index contributed by atoms with van der Waals surface area (Å²) in [5, 5.41) is 11.1. The van der Waals surface area contributed by atoms with Gasteiger partial charge in [-0.2, -0.15) is 0 Å². The van der Waals surface area contributed by atoms with E-state index >= 15 is 0 Å². The van der Waals surface area contributed by atoms with E-state index in [4.69, 9.17) is 9.15 Å². The molecule has 2 rings (SSSR count). The zero-order valence-electron chi connectivity index (χ0n) is 9.19. The molecule has 1 heterocycles. The Hall–Kier alpha value is -0.940. The number of hydrogen-bond donors (Lipinski definition) is 1. The van der Waals surface area contributed by atoms with Crippen LogP contribution in [0.3, 0.4) is 0 Å². The number of rotatable bonds is 4. The first kappa shape index (κ1) is 10.6. The molecule has 0 spiro atoms. The van der Waals surface area contributed by atoms with Crippen LogP contribution in [0.4, 0.5) is 0 Å². The van der Waals surface area contributed by atoms with Crippen LogP contribution in [0.25, 0.3) is 0 Å². The molecule has 0 radical (unpaired) electrons. The van der Waals surface area contributed by atoms with Crippen LogP contribution < -0.4 is 5.32 Å². The van der Waals surface area contributed by atoms with Crippen LogP contribution in [-0.2, 0) is 11.3 Å². The first-order chi connectivity index (χ1) is 7.28. The molecule has 0 saturated heterocycles. The molecule has 1 aromatic heterocycles. The maximum atomic E-state index is 5.31. The van der Waals surface area contributed by atoms with Gasteiger partial charge < -0.3 is 14.5 Å². The molecule has 84 valence electrons. The van der Waals surface area contributed by atoms with Crippen LogP contribution in [-0.4, -0.2) is 29.5 Å². The molecule has 1 aromatic rings. The van der Waals surface area contributed by atoms with Crippen molar-refractivity contribution in [2.75, 3.05) is 7.11 Å². The lowest BCUT2D eigenvalue weighted by atomic mass is 10.2. The zero-order chi connectivity index (χ0) is 10.7. The molecule has 1 fully saturated rings. The van der Waals surface area contributed by atoms with Crippen LogP contribution in [0, 0.1) is 6.92 Å². The van der Waals surface area contributed by atoms with Crippen LogP contribution in [0.1, 0.15) is 31.0 Å². The van der Waals surface area contributed by atoms with Crippen LogP contribution >= 0.6 is 0 Å². The molecule has 5 heteroatoms. The van der Waals surface area contributed by atoms with Gasteiger partial charge in [-0.05, 0) is 19.3 Å². The van der Waals surface area contributed by atoms with Gasteiger partial charge in [0.05, 0.1) is 12.6 Å². The van der Waals surface area contributed by atoms with E-state index in [0.717, 1.165) is 19.3 Å². The summed E-state index contributed by atoms with van der Waals surface area (Å²) >= 11 is 0. The first-order valence-corrected chi connectivity index (χ1v) is 5.33. The van der Waals surface area contributed by atoms with Crippen molar-refractivity contribution in [2.24, 2.45) is 0 Å². The molecule has 15 heavy (non-hydrogen) atoms. The second-order valence-electron chi connectivity index (χ2n) is 3.96. The number of hydrogen-bond acceptors (Lipinski definition) is 5. The zero-order valence-corrected chi connectivity index (χ0v) is 9.19. The lowest BCUT2D eigenvalue weighted by molar-refractivity contribution is 0.107. The van der Waals surface area contributed by atoms with Crippen LogP contribution in [0.15, 0.2) is 4.42 Å². The van der Waals surface area contributed by atoms with Gasteiger partial charge >= 0.3 is 0 Å². The second-order valence-corrected chi connectivity index (χ2v) is 3.96. The summed E-state index contributed by atoms with van der Waals surface area (Å²) in [5.74, 6) is 1.28. The summed E-state index contributed by atoms with van der Waals surface area (Å²) in [6.45, 7) is 2.45. The monoisotopic (exact) mass is 211 g/mol. The van der Waals surface area contributed by atoms with E-state index < -0.39 is 0 Å². The minimum absolute atomic E-state index is 0.409. The third kappa shape index (κ3) is 2.76. The molecule has 1 aliphatic rings. The highest BCUT2D eigenvalue weighted by Gasteiger charge is 2.24. The molecular formula is C10H17N3O2. The number of nitrogens with one attached hydrogen (secondary N) is 1. The molecule has 2 unspecified atom stereocenters. The molecule has 0 aliphatic heterocycles. The van der Waals surface area contributed by atoms with Gasteiger partial charge in [-0.3, -0.25) is 0 Å². The van der Waals surface area contributed by atoms with Crippen molar-refractivity contribution in [2.45, 2.75) is 44.9 Å². The van der Waals surface area contributed by atoms with Gasteiger partial charge in [-0.15, -0.1) is 10.2 Å². The van der Waals surface area contributed by atoms with Gasteiger partial charge in [-0.1, -0.05) is 0 Å². The predicted molar refractivity (Wildman–Crippen MR) is 54.3 cm³/mol. The maximum absolute atomic E-state index is 5.31. The van der Waals surface area contributed by atoms with Crippen LogP contribution in [0.5, 0.6) is 0 Å². The first-order valence-electron chi connectivity index (χ1n) is 5.33. The van der Waals surface area contributed by atoms with Crippen molar-refractivity contribution in [3.63, 3.8) is 0 Å². The Morgan fingerprint density at radius 1 is 1.47 bits per heavy atom. The topological polar surface area (TPSA) is 60.2 Å². The SMILES string of the molecule is COC1CCC(NCc2nnc(C)o2)C1. The molecule has 2 atom stereocenters. The minimum atomic E-state index is 0.409. The van der Waals surface area contributed by atoms with E-state index in [1.165, 1.54) is 0 Å².